The lowest BCUT2D eigenvalue weighted by Crippen LogP contribution is -2.16. The Morgan fingerprint density at radius 3 is 2.75 bits per heavy atom. The summed E-state index contributed by atoms with van der Waals surface area (Å²) < 4.78 is 27.1. The van der Waals surface area contributed by atoms with Crippen molar-refractivity contribution in [3.8, 4) is 0 Å². The quantitative estimate of drug-likeness (QED) is 0.899. The number of carbonyl (C=O) groups excluding carboxylic acids is 1. The van der Waals surface area contributed by atoms with Gasteiger partial charge >= 0.3 is 0 Å². The van der Waals surface area contributed by atoms with E-state index in [4.69, 9.17) is 0 Å². The SMILES string of the molecule is CNc1ncc(Br)cc1C(=O)Nc1cc(F)ccc1F. The number of anilines is 2. The zero-order valence-electron chi connectivity index (χ0n) is 10.4. The van der Waals surface area contributed by atoms with Crippen LogP contribution in [0.1, 0.15) is 10.4 Å². The molecule has 0 aliphatic rings. The predicted molar refractivity (Wildman–Crippen MR) is 75.8 cm³/mol. The summed E-state index contributed by atoms with van der Waals surface area (Å²) in [6.45, 7) is 0. The van der Waals surface area contributed by atoms with Crippen LogP contribution in [0.3, 0.4) is 0 Å². The average Bonchev–Trinajstić information content (AvgIpc) is 2.42. The number of nitrogens with zero attached hydrogens (tertiary/aromatic N) is 1. The van der Waals surface area contributed by atoms with Crippen LogP contribution in [0, 0.1) is 11.6 Å². The molecule has 20 heavy (non-hydrogen) atoms. The molecule has 104 valence electrons. The van der Waals surface area contributed by atoms with E-state index >= 15 is 0 Å². The third kappa shape index (κ3) is 3.11. The first-order valence-electron chi connectivity index (χ1n) is 5.61. The molecule has 2 N–H and O–H groups in total. The molecule has 0 unspecified atom stereocenters. The third-order valence-electron chi connectivity index (χ3n) is 2.51. The molecule has 1 heterocycles. The Balaban J connectivity index is 2.32. The highest BCUT2D eigenvalue weighted by Gasteiger charge is 2.15. The molecule has 0 atom stereocenters. The van der Waals surface area contributed by atoms with E-state index < -0.39 is 17.5 Å². The van der Waals surface area contributed by atoms with E-state index in [2.05, 4.69) is 31.5 Å². The van der Waals surface area contributed by atoms with E-state index in [0.29, 0.717) is 10.3 Å². The number of halogens is 3. The molecule has 4 nitrogen and oxygen atoms in total. The standard InChI is InChI=1S/C13H10BrF2N3O/c1-17-12-9(4-7(14)6-18-12)13(20)19-11-5-8(15)2-3-10(11)16/h2-6H,1H3,(H,17,18)(H,19,20). The second kappa shape index (κ2) is 5.96. The van der Waals surface area contributed by atoms with Gasteiger partial charge in [0.15, 0.2) is 0 Å². The van der Waals surface area contributed by atoms with Crippen LogP contribution in [0.25, 0.3) is 0 Å². The summed E-state index contributed by atoms with van der Waals surface area (Å²) in [5.74, 6) is -1.60. The number of amides is 1. The molecule has 0 saturated carbocycles. The Kier molecular flexibility index (Phi) is 4.29. The summed E-state index contributed by atoms with van der Waals surface area (Å²) in [6.07, 6.45) is 1.52. The van der Waals surface area contributed by atoms with E-state index in [1.807, 2.05) is 0 Å². The Bertz CT molecular complexity index is 664. The number of carbonyl (C=O) groups is 1. The second-order valence-electron chi connectivity index (χ2n) is 3.88. The van der Waals surface area contributed by atoms with E-state index in [0.717, 1.165) is 18.2 Å². The van der Waals surface area contributed by atoms with Crippen molar-refractivity contribution in [3.63, 3.8) is 0 Å². The van der Waals surface area contributed by atoms with Crippen LogP contribution in [0.4, 0.5) is 20.3 Å². The zero-order chi connectivity index (χ0) is 14.7. The molecule has 0 spiro atoms. The third-order valence-corrected chi connectivity index (χ3v) is 2.95. The van der Waals surface area contributed by atoms with Gasteiger partial charge in [-0.2, -0.15) is 0 Å². The van der Waals surface area contributed by atoms with Crippen LogP contribution >= 0.6 is 15.9 Å². The fourth-order valence-corrected chi connectivity index (χ4v) is 1.93. The number of hydrogen-bond donors (Lipinski definition) is 2. The lowest BCUT2D eigenvalue weighted by atomic mass is 10.2. The van der Waals surface area contributed by atoms with Gasteiger partial charge in [-0.25, -0.2) is 13.8 Å². The molecule has 0 aliphatic carbocycles. The summed E-state index contributed by atoms with van der Waals surface area (Å²) in [4.78, 5) is 16.1. The molecule has 1 amide bonds. The van der Waals surface area contributed by atoms with Crippen molar-refractivity contribution in [1.82, 2.24) is 4.98 Å². The number of nitrogens with one attached hydrogen (secondary N) is 2. The maximum Gasteiger partial charge on any atom is 0.259 e. The number of aromatic nitrogens is 1. The predicted octanol–water partition coefficient (Wildman–Crippen LogP) is 3.42. The fourth-order valence-electron chi connectivity index (χ4n) is 1.59. The summed E-state index contributed by atoms with van der Waals surface area (Å²) in [5, 5.41) is 5.07. The van der Waals surface area contributed by atoms with Gasteiger partial charge < -0.3 is 10.6 Å². The maximum atomic E-state index is 13.5. The summed E-state index contributed by atoms with van der Waals surface area (Å²) in [5.41, 5.74) is -0.0115. The van der Waals surface area contributed by atoms with E-state index in [1.165, 1.54) is 12.3 Å². The van der Waals surface area contributed by atoms with Gasteiger partial charge in [0.2, 0.25) is 0 Å². The monoisotopic (exact) mass is 341 g/mol. The normalized spacial score (nSPS) is 10.2. The van der Waals surface area contributed by atoms with Gasteiger partial charge in [0.25, 0.3) is 5.91 Å². The van der Waals surface area contributed by atoms with Crippen molar-refractivity contribution in [1.29, 1.82) is 0 Å². The summed E-state index contributed by atoms with van der Waals surface area (Å²) in [7, 11) is 1.61. The zero-order valence-corrected chi connectivity index (χ0v) is 12.0. The van der Waals surface area contributed by atoms with E-state index in [-0.39, 0.29) is 11.3 Å². The lowest BCUT2D eigenvalue weighted by molar-refractivity contribution is 0.102. The van der Waals surface area contributed by atoms with Crippen LogP contribution in [0.15, 0.2) is 34.9 Å². The first-order valence-corrected chi connectivity index (χ1v) is 6.40. The Hall–Kier alpha value is -2.02. The average molecular weight is 342 g/mol. The minimum absolute atomic E-state index is 0.213. The van der Waals surface area contributed by atoms with Crippen molar-refractivity contribution in [2.75, 3.05) is 17.7 Å². The lowest BCUT2D eigenvalue weighted by Gasteiger charge is -2.10. The van der Waals surface area contributed by atoms with Gasteiger partial charge in [-0.05, 0) is 34.1 Å². The molecular formula is C13H10BrF2N3O. The maximum absolute atomic E-state index is 13.5. The van der Waals surface area contributed by atoms with Crippen molar-refractivity contribution in [2.24, 2.45) is 0 Å². The minimum Gasteiger partial charge on any atom is -0.372 e. The number of pyridine rings is 1. The molecule has 2 aromatic rings. The van der Waals surface area contributed by atoms with Gasteiger partial charge in [0.05, 0.1) is 11.3 Å². The first kappa shape index (κ1) is 14.4. The molecular weight excluding hydrogens is 332 g/mol. The topological polar surface area (TPSA) is 54.0 Å². The molecule has 0 fully saturated rings. The van der Waals surface area contributed by atoms with Crippen LogP contribution in [-0.4, -0.2) is 17.9 Å². The molecule has 0 aliphatic heterocycles. The van der Waals surface area contributed by atoms with Crippen LogP contribution < -0.4 is 10.6 Å². The number of benzene rings is 1. The molecule has 0 bridgehead atoms. The number of rotatable bonds is 3. The largest absolute Gasteiger partial charge is 0.372 e. The van der Waals surface area contributed by atoms with Crippen LogP contribution in [-0.2, 0) is 0 Å². The number of hydrogen-bond acceptors (Lipinski definition) is 3. The second-order valence-corrected chi connectivity index (χ2v) is 4.79. The molecule has 7 heteroatoms. The van der Waals surface area contributed by atoms with Crippen molar-refractivity contribution >= 4 is 33.3 Å². The Morgan fingerprint density at radius 1 is 1.30 bits per heavy atom. The molecule has 2 rings (SSSR count). The van der Waals surface area contributed by atoms with Crippen molar-refractivity contribution in [2.45, 2.75) is 0 Å². The highest BCUT2D eigenvalue weighted by Crippen LogP contribution is 2.21. The highest BCUT2D eigenvalue weighted by atomic mass is 79.9. The van der Waals surface area contributed by atoms with E-state index in [1.54, 1.807) is 7.05 Å². The summed E-state index contributed by atoms with van der Waals surface area (Å²) in [6, 6.07) is 4.37. The van der Waals surface area contributed by atoms with Crippen LogP contribution in [0.2, 0.25) is 0 Å². The van der Waals surface area contributed by atoms with Gasteiger partial charge in [0, 0.05) is 23.8 Å². The Labute approximate surface area is 122 Å². The van der Waals surface area contributed by atoms with E-state index in [9.17, 15) is 13.6 Å². The highest BCUT2D eigenvalue weighted by molar-refractivity contribution is 9.10. The van der Waals surface area contributed by atoms with Gasteiger partial charge in [-0.15, -0.1) is 0 Å². The fraction of sp³-hybridized carbons (Fsp3) is 0.0769. The molecule has 0 radical (unpaired) electrons. The smallest absolute Gasteiger partial charge is 0.259 e. The first-order chi connectivity index (χ1) is 9.51. The summed E-state index contributed by atoms with van der Waals surface area (Å²) >= 11 is 3.20. The van der Waals surface area contributed by atoms with Gasteiger partial charge in [0.1, 0.15) is 17.5 Å². The Morgan fingerprint density at radius 2 is 2.05 bits per heavy atom. The molecule has 1 aromatic heterocycles. The van der Waals surface area contributed by atoms with Gasteiger partial charge in [-0.3, -0.25) is 4.79 Å². The molecule has 1 aromatic carbocycles. The van der Waals surface area contributed by atoms with Crippen molar-refractivity contribution < 1.29 is 13.6 Å². The van der Waals surface area contributed by atoms with Gasteiger partial charge in [-0.1, -0.05) is 0 Å². The van der Waals surface area contributed by atoms with Crippen LogP contribution in [0.5, 0.6) is 0 Å². The van der Waals surface area contributed by atoms with Crippen molar-refractivity contribution in [3.05, 3.63) is 52.1 Å². The molecule has 0 saturated heterocycles. The minimum atomic E-state index is -0.714.